The summed E-state index contributed by atoms with van der Waals surface area (Å²) in [6.45, 7) is 4.03. The third-order valence-electron chi connectivity index (χ3n) is 4.60. The lowest BCUT2D eigenvalue weighted by atomic mass is 9.96. The molecule has 1 aliphatic rings. The lowest BCUT2D eigenvalue weighted by Crippen LogP contribution is -2.42. The van der Waals surface area contributed by atoms with Crippen LogP contribution >= 0.6 is 0 Å². The Kier molecular flexibility index (Phi) is 5.94. The van der Waals surface area contributed by atoms with Crippen LogP contribution in [0.1, 0.15) is 31.1 Å². The van der Waals surface area contributed by atoms with Gasteiger partial charge in [-0.15, -0.1) is 0 Å². The topological polar surface area (TPSA) is 78.7 Å². The van der Waals surface area contributed by atoms with Crippen LogP contribution in [0.15, 0.2) is 58.1 Å². The van der Waals surface area contributed by atoms with Gasteiger partial charge in [0.25, 0.3) is 0 Å². The van der Waals surface area contributed by atoms with E-state index in [4.69, 9.17) is 4.42 Å². The monoisotopic (exact) mass is 354 g/mol. The Morgan fingerprint density at radius 1 is 1.12 bits per heavy atom. The van der Waals surface area contributed by atoms with Gasteiger partial charge in [-0.25, -0.2) is 4.99 Å². The predicted octanol–water partition coefficient (Wildman–Crippen LogP) is 2.18. The van der Waals surface area contributed by atoms with Gasteiger partial charge in [0.15, 0.2) is 5.96 Å². The van der Waals surface area contributed by atoms with Crippen molar-refractivity contribution in [1.29, 1.82) is 0 Å². The number of carbonyl (C=O) groups is 1. The molecule has 1 aliphatic carbocycles. The molecule has 26 heavy (non-hydrogen) atoms. The maximum Gasteiger partial charge on any atom is 0.242 e. The standard InChI is InChI=1S/C20H26N4O2/c1-2-21-19(23-14-18(25)22-13-17-9-6-12-26-17)24-15-20(10-11-20)16-7-4-3-5-8-16/h3-9,12H,2,10-11,13-15H2,1H3,(H,22,25)(H2,21,23,24). The number of carbonyl (C=O) groups excluding carboxylic acids is 1. The summed E-state index contributed by atoms with van der Waals surface area (Å²) in [5.41, 5.74) is 1.55. The molecular weight excluding hydrogens is 328 g/mol. The first-order valence-electron chi connectivity index (χ1n) is 9.09. The third kappa shape index (κ3) is 4.88. The number of nitrogens with one attached hydrogen (secondary N) is 3. The van der Waals surface area contributed by atoms with Crippen LogP contribution in [-0.2, 0) is 16.8 Å². The summed E-state index contributed by atoms with van der Waals surface area (Å²) in [6, 6.07) is 14.2. The molecule has 1 amide bonds. The summed E-state index contributed by atoms with van der Waals surface area (Å²) in [5, 5.41) is 9.38. The van der Waals surface area contributed by atoms with E-state index in [1.165, 1.54) is 18.4 Å². The Morgan fingerprint density at radius 2 is 1.92 bits per heavy atom. The van der Waals surface area contributed by atoms with E-state index in [1.54, 1.807) is 12.3 Å². The molecule has 0 atom stereocenters. The van der Waals surface area contributed by atoms with Crippen LogP contribution in [0.25, 0.3) is 0 Å². The first-order chi connectivity index (χ1) is 12.7. The Balaban J connectivity index is 1.50. The Hall–Kier alpha value is -2.76. The zero-order chi connectivity index (χ0) is 18.2. The lowest BCUT2D eigenvalue weighted by Gasteiger charge is -2.19. The van der Waals surface area contributed by atoms with Gasteiger partial charge in [0.05, 0.1) is 12.8 Å². The van der Waals surface area contributed by atoms with Gasteiger partial charge in [0.2, 0.25) is 5.91 Å². The fourth-order valence-corrected chi connectivity index (χ4v) is 2.91. The van der Waals surface area contributed by atoms with Crippen molar-refractivity contribution in [2.75, 3.05) is 19.6 Å². The van der Waals surface area contributed by atoms with Crippen LogP contribution < -0.4 is 16.0 Å². The first kappa shape index (κ1) is 18.0. The number of amides is 1. The Labute approximate surface area is 154 Å². The molecule has 2 aromatic rings. The van der Waals surface area contributed by atoms with Gasteiger partial charge >= 0.3 is 0 Å². The summed E-state index contributed by atoms with van der Waals surface area (Å²) < 4.78 is 5.20. The molecule has 3 N–H and O–H groups in total. The number of benzene rings is 1. The highest BCUT2D eigenvalue weighted by atomic mass is 16.3. The van der Waals surface area contributed by atoms with Crippen molar-refractivity contribution in [3.63, 3.8) is 0 Å². The smallest absolute Gasteiger partial charge is 0.242 e. The quantitative estimate of drug-likeness (QED) is 0.501. The highest BCUT2D eigenvalue weighted by molar-refractivity contribution is 5.85. The van der Waals surface area contributed by atoms with Crippen LogP contribution in [0.3, 0.4) is 0 Å². The molecule has 0 aliphatic heterocycles. The van der Waals surface area contributed by atoms with Crippen molar-refractivity contribution in [3.8, 4) is 0 Å². The van der Waals surface area contributed by atoms with Crippen molar-refractivity contribution in [1.82, 2.24) is 16.0 Å². The molecule has 3 rings (SSSR count). The van der Waals surface area contributed by atoms with E-state index in [-0.39, 0.29) is 17.9 Å². The highest BCUT2D eigenvalue weighted by Gasteiger charge is 2.43. The third-order valence-corrected chi connectivity index (χ3v) is 4.60. The molecule has 1 fully saturated rings. The number of nitrogens with zero attached hydrogens (tertiary/aromatic N) is 1. The van der Waals surface area contributed by atoms with E-state index in [2.05, 4.69) is 45.2 Å². The normalized spacial score (nSPS) is 15.3. The van der Waals surface area contributed by atoms with E-state index >= 15 is 0 Å². The number of guanidine groups is 1. The van der Waals surface area contributed by atoms with Gasteiger partial charge in [-0.05, 0) is 37.5 Å². The van der Waals surface area contributed by atoms with Crippen molar-refractivity contribution >= 4 is 11.9 Å². The fourth-order valence-electron chi connectivity index (χ4n) is 2.91. The molecule has 0 spiro atoms. The maximum absolute atomic E-state index is 12.0. The molecule has 0 bridgehead atoms. The number of hydrogen-bond donors (Lipinski definition) is 3. The number of rotatable bonds is 8. The molecule has 0 unspecified atom stereocenters. The summed E-state index contributed by atoms with van der Waals surface area (Å²) in [6.07, 6.45) is 3.94. The van der Waals surface area contributed by atoms with Crippen molar-refractivity contribution < 1.29 is 9.21 Å². The fraction of sp³-hybridized carbons (Fsp3) is 0.400. The summed E-state index contributed by atoms with van der Waals surface area (Å²) in [5.74, 6) is 1.26. The van der Waals surface area contributed by atoms with Crippen molar-refractivity contribution in [3.05, 3.63) is 60.1 Å². The minimum absolute atomic E-state index is 0.0778. The summed E-state index contributed by atoms with van der Waals surface area (Å²) in [4.78, 5) is 16.4. The van der Waals surface area contributed by atoms with Crippen molar-refractivity contribution in [2.24, 2.45) is 4.99 Å². The van der Waals surface area contributed by atoms with Crippen molar-refractivity contribution in [2.45, 2.75) is 31.7 Å². The van der Waals surface area contributed by atoms with E-state index < -0.39 is 0 Å². The van der Waals surface area contributed by atoms with Crippen LogP contribution in [0, 0.1) is 0 Å². The van der Waals surface area contributed by atoms with Crippen LogP contribution in [0.5, 0.6) is 0 Å². The molecule has 0 saturated heterocycles. The van der Waals surface area contributed by atoms with E-state index in [0.717, 1.165) is 18.8 Å². The van der Waals surface area contributed by atoms with Crippen LogP contribution in [-0.4, -0.2) is 31.5 Å². The average molecular weight is 354 g/mol. The number of furan rings is 1. The van der Waals surface area contributed by atoms with E-state index in [9.17, 15) is 4.79 Å². The minimum Gasteiger partial charge on any atom is -0.467 e. The molecule has 1 aromatic heterocycles. The van der Waals surface area contributed by atoms with Gasteiger partial charge in [-0.1, -0.05) is 30.3 Å². The zero-order valence-corrected chi connectivity index (χ0v) is 15.1. The number of hydrogen-bond acceptors (Lipinski definition) is 3. The van der Waals surface area contributed by atoms with Crippen LogP contribution in [0.4, 0.5) is 0 Å². The van der Waals surface area contributed by atoms with Gasteiger partial charge in [-0.2, -0.15) is 0 Å². The largest absolute Gasteiger partial charge is 0.467 e. The molecule has 6 nitrogen and oxygen atoms in total. The highest BCUT2D eigenvalue weighted by Crippen LogP contribution is 2.47. The van der Waals surface area contributed by atoms with E-state index in [0.29, 0.717) is 12.5 Å². The SMILES string of the molecule is CCNC(=NCC(=O)NCc1ccco1)NCC1(c2ccccc2)CC1. The molecular formula is C20H26N4O2. The average Bonchev–Trinajstić information content (AvgIpc) is 3.28. The predicted molar refractivity (Wildman–Crippen MR) is 102 cm³/mol. The van der Waals surface area contributed by atoms with Gasteiger partial charge in [-0.3, -0.25) is 4.79 Å². The Bertz CT molecular complexity index is 722. The lowest BCUT2D eigenvalue weighted by molar-refractivity contribution is -0.119. The maximum atomic E-state index is 12.0. The second kappa shape index (κ2) is 8.56. The van der Waals surface area contributed by atoms with Crippen LogP contribution in [0.2, 0.25) is 0 Å². The molecule has 1 aromatic carbocycles. The summed E-state index contributed by atoms with van der Waals surface area (Å²) in [7, 11) is 0. The molecule has 6 heteroatoms. The minimum atomic E-state index is -0.136. The number of aliphatic imine (C=N–C) groups is 1. The second-order valence-electron chi connectivity index (χ2n) is 6.55. The summed E-state index contributed by atoms with van der Waals surface area (Å²) >= 11 is 0. The first-order valence-corrected chi connectivity index (χ1v) is 9.09. The second-order valence-corrected chi connectivity index (χ2v) is 6.55. The molecule has 1 saturated carbocycles. The van der Waals surface area contributed by atoms with Gasteiger partial charge < -0.3 is 20.4 Å². The van der Waals surface area contributed by atoms with E-state index in [1.807, 2.05) is 19.1 Å². The Morgan fingerprint density at radius 3 is 2.58 bits per heavy atom. The van der Waals surface area contributed by atoms with Gasteiger partial charge in [0, 0.05) is 18.5 Å². The zero-order valence-electron chi connectivity index (χ0n) is 15.1. The van der Waals surface area contributed by atoms with Gasteiger partial charge in [0.1, 0.15) is 12.3 Å². The molecule has 0 radical (unpaired) electrons. The molecule has 1 heterocycles. The molecule has 138 valence electrons.